The van der Waals surface area contributed by atoms with Crippen molar-refractivity contribution in [1.82, 2.24) is 0 Å². The predicted octanol–water partition coefficient (Wildman–Crippen LogP) is 4.84. The van der Waals surface area contributed by atoms with Crippen molar-refractivity contribution >= 4 is 49.0 Å². The van der Waals surface area contributed by atoms with Crippen molar-refractivity contribution in [2.24, 2.45) is 0 Å². The molecule has 1 aromatic carbocycles. The van der Waals surface area contributed by atoms with Crippen LogP contribution in [0.3, 0.4) is 0 Å². The number of carbonyl (C=O) groups is 1. The molecule has 1 heterocycles. The van der Waals surface area contributed by atoms with Gasteiger partial charge in [0.25, 0.3) is 0 Å². The minimum atomic E-state index is -0.489. The van der Waals surface area contributed by atoms with Crippen LogP contribution in [-0.2, 0) is 6.42 Å². The molecule has 88 valence electrons. The molecule has 1 aromatic heterocycles. The predicted molar refractivity (Wildman–Crippen MR) is 74.2 cm³/mol. The number of ketones is 1. The standard InChI is InChI=1S/C12H7Br2FOS/c13-7-1-2-8(10(15)5-7)11(16)6-12-9(14)3-4-17-12/h1-5H,6H2. The third kappa shape index (κ3) is 3.03. The molecule has 17 heavy (non-hydrogen) atoms. The molecule has 0 aliphatic carbocycles. The molecule has 0 radical (unpaired) electrons. The Hall–Kier alpha value is -0.520. The van der Waals surface area contributed by atoms with Gasteiger partial charge < -0.3 is 0 Å². The van der Waals surface area contributed by atoms with Crippen LogP contribution in [0.15, 0.2) is 38.6 Å². The van der Waals surface area contributed by atoms with Crippen LogP contribution in [0.2, 0.25) is 0 Å². The van der Waals surface area contributed by atoms with Gasteiger partial charge in [0.2, 0.25) is 0 Å². The van der Waals surface area contributed by atoms with E-state index in [2.05, 4.69) is 31.9 Å². The van der Waals surface area contributed by atoms with Crippen molar-refractivity contribution in [2.45, 2.75) is 6.42 Å². The Morgan fingerprint density at radius 3 is 2.65 bits per heavy atom. The van der Waals surface area contributed by atoms with Gasteiger partial charge in [-0.1, -0.05) is 15.9 Å². The van der Waals surface area contributed by atoms with Crippen molar-refractivity contribution in [3.05, 3.63) is 54.8 Å². The lowest BCUT2D eigenvalue weighted by atomic mass is 10.1. The Labute approximate surface area is 119 Å². The average Bonchev–Trinajstić information content (AvgIpc) is 2.64. The monoisotopic (exact) mass is 376 g/mol. The topological polar surface area (TPSA) is 17.1 Å². The second-order valence-corrected chi connectivity index (χ2v) is 6.19. The van der Waals surface area contributed by atoms with Gasteiger partial charge in [0.15, 0.2) is 5.78 Å². The molecule has 0 fully saturated rings. The third-order valence-electron chi connectivity index (χ3n) is 2.24. The first-order valence-corrected chi connectivity index (χ1v) is 7.24. The van der Waals surface area contributed by atoms with Crippen LogP contribution < -0.4 is 0 Å². The van der Waals surface area contributed by atoms with E-state index in [0.717, 1.165) is 9.35 Å². The van der Waals surface area contributed by atoms with Crippen molar-refractivity contribution in [1.29, 1.82) is 0 Å². The number of hydrogen-bond acceptors (Lipinski definition) is 2. The van der Waals surface area contributed by atoms with Crippen LogP contribution in [0.25, 0.3) is 0 Å². The zero-order valence-electron chi connectivity index (χ0n) is 8.54. The van der Waals surface area contributed by atoms with E-state index in [0.29, 0.717) is 4.47 Å². The van der Waals surface area contributed by atoms with Crippen LogP contribution in [0.1, 0.15) is 15.2 Å². The average molecular weight is 378 g/mol. The molecule has 0 N–H and O–H groups in total. The molecule has 2 rings (SSSR count). The highest BCUT2D eigenvalue weighted by Gasteiger charge is 2.14. The zero-order valence-corrected chi connectivity index (χ0v) is 12.5. The number of benzene rings is 1. The van der Waals surface area contributed by atoms with Gasteiger partial charge in [0, 0.05) is 20.2 Å². The molecule has 0 saturated heterocycles. The van der Waals surface area contributed by atoms with Gasteiger partial charge in [-0.05, 0) is 45.6 Å². The first-order valence-electron chi connectivity index (χ1n) is 4.78. The number of halogens is 3. The molecule has 0 aliphatic heterocycles. The summed E-state index contributed by atoms with van der Waals surface area (Å²) < 4.78 is 15.1. The first kappa shape index (κ1) is 12.9. The van der Waals surface area contributed by atoms with Crippen LogP contribution in [0.5, 0.6) is 0 Å². The second kappa shape index (κ2) is 5.42. The largest absolute Gasteiger partial charge is 0.294 e. The van der Waals surface area contributed by atoms with Crippen LogP contribution in [0.4, 0.5) is 4.39 Å². The highest BCUT2D eigenvalue weighted by atomic mass is 79.9. The molecule has 0 unspecified atom stereocenters. The van der Waals surface area contributed by atoms with E-state index in [9.17, 15) is 9.18 Å². The van der Waals surface area contributed by atoms with Crippen LogP contribution in [-0.4, -0.2) is 5.78 Å². The molecule has 5 heteroatoms. The molecular weight excluding hydrogens is 371 g/mol. The molecule has 1 nitrogen and oxygen atoms in total. The number of thiophene rings is 1. The summed E-state index contributed by atoms with van der Waals surface area (Å²) in [7, 11) is 0. The summed E-state index contributed by atoms with van der Waals surface area (Å²) in [6, 6.07) is 6.35. The van der Waals surface area contributed by atoms with E-state index in [1.54, 1.807) is 6.07 Å². The summed E-state index contributed by atoms with van der Waals surface area (Å²) in [6.07, 6.45) is 0.219. The fourth-order valence-corrected chi connectivity index (χ4v) is 3.23. The fourth-order valence-electron chi connectivity index (χ4n) is 1.41. The summed E-state index contributed by atoms with van der Waals surface area (Å²) >= 11 is 8.00. The minimum Gasteiger partial charge on any atom is -0.294 e. The lowest BCUT2D eigenvalue weighted by Crippen LogP contribution is -2.05. The zero-order chi connectivity index (χ0) is 12.4. The number of Topliss-reactive ketones (excluding diaryl/α,β-unsaturated/α-hetero) is 1. The van der Waals surface area contributed by atoms with Gasteiger partial charge in [-0.2, -0.15) is 0 Å². The molecule has 0 aliphatic rings. The van der Waals surface area contributed by atoms with E-state index in [-0.39, 0.29) is 17.8 Å². The van der Waals surface area contributed by atoms with Crippen molar-refractivity contribution < 1.29 is 9.18 Å². The SMILES string of the molecule is O=C(Cc1sccc1Br)c1ccc(Br)cc1F. The molecule has 0 spiro atoms. The Bertz CT molecular complexity index is 565. The van der Waals surface area contributed by atoms with E-state index in [1.165, 1.54) is 23.5 Å². The van der Waals surface area contributed by atoms with Gasteiger partial charge in [0.05, 0.1) is 5.56 Å². The molecule has 0 bridgehead atoms. The maximum atomic E-state index is 13.6. The number of rotatable bonds is 3. The Balaban J connectivity index is 2.23. The number of hydrogen-bond donors (Lipinski definition) is 0. The lowest BCUT2D eigenvalue weighted by molar-refractivity contribution is 0.0990. The second-order valence-electron chi connectivity index (χ2n) is 3.42. The Morgan fingerprint density at radius 2 is 2.06 bits per heavy atom. The first-order chi connectivity index (χ1) is 8.08. The molecule has 0 saturated carbocycles. The van der Waals surface area contributed by atoms with E-state index < -0.39 is 5.82 Å². The van der Waals surface area contributed by atoms with Gasteiger partial charge in [-0.15, -0.1) is 11.3 Å². The van der Waals surface area contributed by atoms with E-state index in [1.807, 2.05) is 11.4 Å². The Kier molecular flexibility index (Phi) is 4.12. The summed E-state index contributed by atoms with van der Waals surface area (Å²) in [5.74, 6) is -0.699. The lowest BCUT2D eigenvalue weighted by Gasteiger charge is -2.02. The maximum absolute atomic E-state index is 13.6. The highest BCUT2D eigenvalue weighted by molar-refractivity contribution is 9.10. The summed E-state index contributed by atoms with van der Waals surface area (Å²) in [6.45, 7) is 0. The molecular formula is C12H7Br2FOS. The molecule has 2 aromatic rings. The third-order valence-corrected chi connectivity index (χ3v) is 4.66. The van der Waals surface area contributed by atoms with Crippen LogP contribution >= 0.6 is 43.2 Å². The van der Waals surface area contributed by atoms with Gasteiger partial charge >= 0.3 is 0 Å². The van der Waals surface area contributed by atoms with Gasteiger partial charge in [-0.25, -0.2) is 4.39 Å². The van der Waals surface area contributed by atoms with E-state index >= 15 is 0 Å². The summed E-state index contributed by atoms with van der Waals surface area (Å²) in [5, 5.41) is 1.89. The normalized spacial score (nSPS) is 10.5. The minimum absolute atomic E-state index is 0.133. The van der Waals surface area contributed by atoms with Crippen molar-refractivity contribution in [3.63, 3.8) is 0 Å². The quantitative estimate of drug-likeness (QED) is 0.699. The van der Waals surface area contributed by atoms with Crippen molar-refractivity contribution in [3.8, 4) is 0 Å². The number of carbonyl (C=O) groups excluding carboxylic acids is 1. The summed E-state index contributed by atoms with van der Waals surface area (Å²) in [4.78, 5) is 12.8. The highest BCUT2D eigenvalue weighted by Crippen LogP contribution is 2.25. The fraction of sp³-hybridized carbons (Fsp3) is 0.0833. The summed E-state index contributed by atoms with van der Waals surface area (Å²) in [5.41, 5.74) is 0.133. The molecule has 0 amide bonds. The molecule has 0 atom stereocenters. The van der Waals surface area contributed by atoms with Gasteiger partial charge in [-0.3, -0.25) is 4.79 Å². The van der Waals surface area contributed by atoms with Crippen LogP contribution in [0, 0.1) is 5.82 Å². The maximum Gasteiger partial charge on any atom is 0.171 e. The smallest absolute Gasteiger partial charge is 0.171 e. The van der Waals surface area contributed by atoms with Gasteiger partial charge in [0.1, 0.15) is 5.82 Å². The Morgan fingerprint density at radius 1 is 1.29 bits per heavy atom. The van der Waals surface area contributed by atoms with E-state index in [4.69, 9.17) is 0 Å². The van der Waals surface area contributed by atoms with Crippen molar-refractivity contribution in [2.75, 3.05) is 0 Å².